The Morgan fingerprint density at radius 2 is 2.20 bits per heavy atom. The van der Waals surface area contributed by atoms with Gasteiger partial charge in [0, 0.05) is 54.3 Å². The van der Waals surface area contributed by atoms with Crippen molar-refractivity contribution < 1.29 is 0 Å². The molecule has 1 N–H and O–H groups in total. The maximum atomic E-state index is 12.2. The van der Waals surface area contributed by atoms with Crippen molar-refractivity contribution in [3.63, 3.8) is 0 Å². The highest BCUT2D eigenvalue weighted by Gasteiger charge is 2.32. The molecule has 0 radical (unpaired) electrons. The maximum absolute atomic E-state index is 12.2. The smallest absolute Gasteiger partial charge is 0.250 e. The minimum Gasteiger partial charge on any atom is -0.316 e. The summed E-state index contributed by atoms with van der Waals surface area (Å²) in [5.41, 5.74) is 3.57. The van der Waals surface area contributed by atoms with E-state index in [1.165, 1.54) is 12.1 Å². The molecule has 2 bridgehead atoms. The highest BCUT2D eigenvalue weighted by atomic mass is 16.1. The predicted octanol–water partition coefficient (Wildman–Crippen LogP) is 1.62. The molecule has 20 heavy (non-hydrogen) atoms. The van der Waals surface area contributed by atoms with Crippen LogP contribution in [0.1, 0.15) is 18.0 Å². The Morgan fingerprint density at radius 1 is 1.25 bits per heavy atom. The molecule has 0 saturated carbocycles. The number of piperidine rings is 1. The zero-order chi connectivity index (χ0) is 13.5. The molecule has 1 saturated heterocycles. The fourth-order valence-electron chi connectivity index (χ4n) is 3.63. The van der Waals surface area contributed by atoms with Crippen molar-refractivity contribution in [3.8, 4) is 11.1 Å². The van der Waals surface area contributed by atoms with Crippen molar-refractivity contribution >= 4 is 0 Å². The Morgan fingerprint density at radius 3 is 3.05 bits per heavy atom. The van der Waals surface area contributed by atoms with Crippen LogP contribution in [0.2, 0.25) is 0 Å². The van der Waals surface area contributed by atoms with Crippen molar-refractivity contribution in [2.75, 3.05) is 13.1 Å². The van der Waals surface area contributed by atoms with E-state index in [2.05, 4.69) is 16.4 Å². The molecule has 0 aliphatic carbocycles. The van der Waals surface area contributed by atoms with Gasteiger partial charge in [-0.25, -0.2) is 0 Å². The van der Waals surface area contributed by atoms with Gasteiger partial charge in [-0.1, -0.05) is 6.07 Å². The van der Waals surface area contributed by atoms with Crippen LogP contribution >= 0.6 is 0 Å². The van der Waals surface area contributed by atoms with Gasteiger partial charge in [0.2, 0.25) is 0 Å². The number of nitrogens with zero attached hydrogens (tertiary/aromatic N) is 2. The van der Waals surface area contributed by atoms with E-state index in [0.29, 0.717) is 11.8 Å². The largest absolute Gasteiger partial charge is 0.316 e. The number of fused-ring (bicyclic) bond motifs is 4. The molecule has 2 aromatic rings. The Labute approximate surface area is 117 Å². The van der Waals surface area contributed by atoms with Crippen LogP contribution in [0.5, 0.6) is 0 Å². The van der Waals surface area contributed by atoms with Gasteiger partial charge >= 0.3 is 0 Å². The Hall–Kier alpha value is -1.94. The first-order chi connectivity index (χ1) is 9.83. The fourth-order valence-corrected chi connectivity index (χ4v) is 3.63. The van der Waals surface area contributed by atoms with Crippen molar-refractivity contribution in [1.82, 2.24) is 14.9 Å². The van der Waals surface area contributed by atoms with Crippen LogP contribution in [0, 0.1) is 5.92 Å². The van der Waals surface area contributed by atoms with Gasteiger partial charge in [0.05, 0.1) is 0 Å². The van der Waals surface area contributed by atoms with E-state index in [9.17, 15) is 4.79 Å². The second kappa shape index (κ2) is 4.56. The van der Waals surface area contributed by atoms with Gasteiger partial charge in [0.15, 0.2) is 0 Å². The molecule has 1 fully saturated rings. The fraction of sp³-hybridized carbons (Fsp3) is 0.375. The third-order valence-corrected chi connectivity index (χ3v) is 4.47. The molecule has 2 aliphatic heterocycles. The number of pyridine rings is 2. The average Bonchev–Trinajstić information content (AvgIpc) is 2.50. The monoisotopic (exact) mass is 267 g/mol. The Kier molecular flexibility index (Phi) is 2.70. The molecule has 2 aliphatic rings. The zero-order valence-corrected chi connectivity index (χ0v) is 11.2. The summed E-state index contributed by atoms with van der Waals surface area (Å²) in [5, 5.41) is 3.49. The summed E-state index contributed by atoms with van der Waals surface area (Å²) in [5.74, 6) is 1.02. The van der Waals surface area contributed by atoms with E-state index in [0.717, 1.165) is 30.8 Å². The first kappa shape index (κ1) is 11.9. The summed E-state index contributed by atoms with van der Waals surface area (Å²) < 4.78 is 1.99. The molecule has 0 amide bonds. The van der Waals surface area contributed by atoms with Crippen molar-refractivity contribution in [2.45, 2.75) is 18.9 Å². The van der Waals surface area contributed by atoms with E-state index in [4.69, 9.17) is 0 Å². The number of rotatable bonds is 1. The second-order valence-corrected chi connectivity index (χ2v) is 5.78. The topological polar surface area (TPSA) is 46.9 Å². The Bertz CT molecular complexity index is 693. The van der Waals surface area contributed by atoms with Crippen LogP contribution in [0.25, 0.3) is 11.1 Å². The summed E-state index contributed by atoms with van der Waals surface area (Å²) in [6, 6.07) is 7.67. The van der Waals surface area contributed by atoms with Crippen LogP contribution in [-0.2, 0) is 6.54 Å². The molecule has 4 rings (SSSR count). The molecule has 102 valence electrons. The van der Waals surface area contributed by atoms with Crippen LogP contribution in [-0.4, -0.2) is 22.6 Å². The molecule has 0 spiro atoms. The molecule has 2 aromatic heterocycles. The van der Waals surface area contributed by atoms with Gasteiger partial charge < -0.3 is 9.88 Å². The lowest BCUT2D eigenvalue weighted by molar-refractivity contribution is 0.258. The minimum atomic E-state index is 0.129. The van der Waals surface area contributed by atoms with Crippen LogP contribution in [0.15, 0.2) is 41.5 Å². The highest BCUT2D eigenvalue weighted by molar-refractivity contribution is 5.66. The number of nitrogens with one attached hydrogen (secondary N) is 1. The summed E-state index contributed by atoms with van der Waals surface area (Å²) in [6.07, 6.45) is 4.84. The number of aromatic nitrogens is 2. The second-order valence-electron chi connectivity index (χ2n) is 5.78. The van der Waals surface area contributed by atoms with E-state index in [1.807, 2.05) is 22.9 Å². The summed E-state index contributed by atoms with van der Waals surface area (Å²) in [6.45, 7) is 2.83. The standard InChI is InChI=1S/C16H17N3O/c20-15-4-3-14(12-2-1-5-17-8-12)16-13-6-11(7-18-9-13)10-19(15)16/h1-5,8,11,13,18H,6-7,9-10H2/t11-,13+/m0/s1. The quantitative estimate of drug-likeness (QED) is 0.854. The SMILES string of the molecule is O=c1ccc(-c2cccnc2)c2n1C[C@@H]1CNC[C@H]2C1. The lowest BCUT2D eigenvalue weighted by Crippen LogP contribution is -2.45. The van der Waals surface area contributed by atoms with E-state index >= 15 is 0 Å². The Balaban J connectivity index is 1.94. The van der Waals surface area contributed by atoms with Gasteiger partial charge in [-0.2, -0.15) is 0 Å². The lowest BCUT2D eigenvalue weighted by Gasteiger charge is -2.38. The lowest BCUT2D eigenvalue weighted by atomic mass is 9.81. The molecular formula is C16H17N3O. The molecule has 4 heterocycles. The third-order valence-electron chi connectivity index (χ3n) is 4.47. The van der Waals surface area contributed by atoms with E-state index in [1.54, 1.807) is 12.3 Å². The molecule has 0 aromatic carbocycles. The number of hydrogen-bond donors (Lipinski definition) is 1. The average molecular weight is 267 g/mol. The van der Waals surface area contributed by atoms with Gasteiger partial charge in [-0.05, 0) is 31.0 Å². The normalized spacial score (nSPS) is 24.2. The maximum Gasteiger partial charge on any atom is 0.250 e. The van der Waals surface area contributed by atoms with Crippen molar-refractivity contribution in [3.05, 3.63) is 52.7 Å². The van der Waals surface area contributed by atoms with Gasteiger partial charge in [0.25, 0.3) is 5.56 Å². The predicted molar refractivity (Wildman–Crippen MR) is 77.7 cm³/mol. The highest BCUT2D eigenvalue weighted by Crippen LogP contribution is 2.37. The molecule has 2 atom stereocenters. The molecular weight excluding hydrogens is 250 g/mol. The minimum absolute atomic E-state index is 0.129. The molecule has 4 heteroatoms. The zero-order valence-electron chi connectivity index (χ0n) is 11.2. The van der Waals surface area contributed by atoms with Gasteiger partial charge in [0.1, 0.15) is 0 Å². The van der Waals surface area contributed by atoms with Gasteiger partial charge in [-0.3, -0.25) is 9.78 Å². The molecule has 4 nitrogen and oxygen atoms in total. The number of hydrogen-bond acceptors (Lipinski definition) is 3. The summed E-state index contributed by atoms with van der Waals surface area (Å²) in [7, 11) is 0. The van der Waals surface area contributed by atoms with Crippen molar-refractivity contribution in [2.24, 2.45) is 5.92 Å². The summed E-state index contributed by atoms with van der Waals surface area (Å²) in [4.78, 5) is 16.4. The third kappa shape index (κ3) is 1.79. The molecule has 0 unspecified atom stereocenters. The van der Waals surface area contributed by atoms with E-state index < -0.39 is 0 Å². The van der Waals surface area contributed by atoms with Crippen LogP contribution in [0.3, 0.4) is 0 Å². The van der Waals surface area contributed by atoms with Crippen LogP contribution < -0.4 is 10.9 Å². The van der Waals surface area contributed by atoms with Crippen molar-refractivity contribution in [1.29, 1.82) is 0 Å². The van der Waals surface area contributed by atoms with Crippen LogP contribution in [0.4, 0.5) is 0 Å². The first-order valence-corrected chi connectivity index (χ1v) is 7.18. The summed E-state index contributed by atoms with van der Waals surface area (Å²) >= 11 is 0. The van der Waals surface area contributed by atoms with E-state index in [-0.39, 0.29) is 5.56 Å². The van der Waals surface area contributed by atoms with Gasteiger partial charge in [-0.15, -0.1) is 0 Å². The first-order valence-electron chi connectivity index (χ1n) is 7.18.